The number of nitrogens with one attached hydrogen (secondary N) is 1. The number of hydrogen-bond donors (Lipinski definition) is 3. The van der Waals surface area contributed by atoms with Crippen molar-refractivity contribution < 1.29 is 41.5 Å². The van der Waals surface area contributed by atoms with E-state index in [1.165, 1.54) is 6.07 Å². The van der Waals surface area contributed by atoms with E-state index in [0.29, 0.717) is 11.3 Å². The van der Waals surface area contributed by atoms with Crippen molar-refractivity contribution in [3.63, 3.8) is 0 Å². The molecule has 0 fully saturated rings. The van der Waals surface area contributed by atoms with Gasteiger partial charge in [-0.1, -0.05) is 0 Å². The molecule has 6 heteroatoms. The van der Waals surface area contributed by atoms with Crippen molar-refractivity contribution in [2.75, 3.05) is 5.73 Å². The van der Waals surface area contributed by atoms with Gasteiger partial charge in [-0.05, 0) is 37.1 Å². The van der Waals surface area contributed by atoms with Gasteiger partial charge in [0.2, 0.25) is 0 Å². The fraction of sp³-hybridized carbons (Fsp3) is 0.250. The van der Waals surface area contributed by atoms with E-state index in [0.717, 1.165) is 5.56 Å². The molecular weight excluding hydrogens is 277 g/mol. The van der Waals surface area contributed by atoms with Crippen LogP contribution in [-0.2, 0) is 42.7 Å². The Hall–Kier alpha value is 0.0339. The van der Waals surface area contributed by atoms with Crippen molar-refractivity contribution in [1.29, 1.82) is 4.78 Å². The van der Waals surface area contributed by atoms with Gasteiger partial charge in [-0.3, -0.25) is 4.55 Å². The summed E-state index contributed by atoms with van der Waals surface area (Å²) >= 11 is 0. The predicted molar refractivity (Wildman–Crippen MR) is 52.1 cm³/mol. The van der Waals surface area contributed by atoms with Gasteiger partial charge in [-0.2, -0.15) is 0 Å². The van der Waals surface area contributed by atoms with Crippen LogP contribution in [0.3, 0.4) is 0 Å². The van der Waals surface area contributed by atoms with Gasteiger partial charge in [0.1, 0.15) is 0 Å². The zero-order valence-corrected chi connectivity index (χ0v) is 11.7. The van der Waals surface area contributed by atoms with Gasteiger partial charge in [0.15, 0.2) is 10.0 Å². The summed E-state index contributed by atoms with van der Waals surface area (Å²) in [5, 5.41) is 0. The Kier molecular flexibility index (Phi) is 4.71. The Labute approximate surface area is 109 Å². The molecule has 0 saturated heterocycles. The first-order valence-corrected chi connectivity index (χ1v) is 5.22. The molecule has 1 aromatic rings. The van der Waals surface area contributed by atoms with Crippen LogP contribution < -0.4 is 5.73 Å². The molecule has 0 amide bonds. The maximum Gasteiger partial charge on any atom is 0.188 e. The van der Waals surface area contributed by atoms with E-state index in [1.54, 1.807) is 19.9 Å². The molecule has 1 unspecified atom stereocenters. The van der Waals surface area contributed by atoms with E-state index in [-0.39, 0.29) is 37.6 Å². The average molecular weight is 289 g/mol. The first-order valence-electron chi connectivity index (χ1n) is 3.70. The maximum absolute atomic E-state index is 11.1. The van der Waals surface area contributed by atoms with Gasteiger partial charge >= 0.3 is 0 Å². The molecule has 14 heavy (non-hydrogen) atoms. The molecule has 1 atom stereocenters. The average Bonchev–Trinajstić information content (AvgIpc) is 1.94. The smallest absolute Gasteiger partial charge is 0.188 e. The standard InChI is InChI=1S/C8H12N2O2S.Y/c1-5-3-7(9)4-8(6(5)2)13(10,11)12;/h3-4H,9H2,1-2H3,(H2,10,11,12);. The molecule has 75 valence electrons. The van der Waals surface area contributed by atoms with Crippen molar-refractivity contribution in [3.8, 4) is 0 Å². The van der Waals surface area contributed by atoms with Gasteiger partial charge in [-0.15, -0.1) is 0 Å². The molecule has 0 saturated carbocycles. The van der Waals surface area contributed by atoms with Gasteiger partial charge in [0.05, 0.1) is 4.90 Å². The van der Waals surface area contributed by atoms with Crippen molar-refractivity contribution in [1.82, 2.24) is 0 Å². The quantitative estimate of drug-likeness (QED) is 0.688. The van der Waals surface area contributed by atoms with Crippen LogP contribution in [0.1, 0.15) is 11.1 Å². The number of aryl methyl sites for hydroxylation is 1. The van der Waals surface area contributed by atoms with Crippen molar-refractivity contribution in [3.05, 3.63) is 23.3 Å². The topological polar surface area (TPSA) is 87.2 Å². The first kappa shape index (κ1) is 14.0. The summed E-state index contributed by atoms with van der Waals surface area (Å²) in [6, 6.07) is 3.08. The normalized spacial score (nSPS) is 14.2. The second kappa shape index (κ2) is 4.70. The number of hydrogen-bond acceptors (Lipinski definition) is 3. The van der Waals surface area contributed by atoms with Crippen molar-refractivity contribution >= 4 is 15.7 Å². The Morgan fingerprint density at radius 1 is 1.43 bits per heavy atom. The minimum Gasteiger partial charge on any atom is -0.399 e. The van der Waals surface area contributed by atoms with Crippen LogP contribution in [0.4, 0.5) is 5.69 Å². The Bertz CT molecular complexity index is 443. The molecule has 4 nitrogen and oxygen atoms in total. The van der Waals surface area contributed by atoms with Crippen molar-refractivity contribution in [2.45, 2.75) is 18.7 Å². The van der Waals surface area contributed by atoms with Crippen LogP contribution >= 0.6 is 0 Å². The number of rotatable bonds is 1. The monoisotopic (exact) mass is 289 g/mol. The third kappa shape index (κ3) is 3.02. The van der Waals surface area contributed by atoms with Crippen LogP contribution in [0.25, 0.3) is 0 Å². The summed E-state index contributed by atoms with van der Waals surface area (Å²) < 4.78 is 27.2. The molecule has 1 rings (SSSR count). The Morgan fingerprint density at radius 2 is 1.93 bits per heavy atom. The number of nitrogen functional groups attached to an aromatic ring is 1. The summed E-state index contributed by atoms with van der Waals surface area (Å²) in [6.07, 6.45) is 0. The van der Waals surface area contributed by atoms with E-state index in [9.17, 15) is 4.21 Å². The Balaban J connectivity index is 0.00000169. The SMILES string of the molecule is Cc1cc(N)cc(S(=N)(=O)O)c1C.[Y]. The fourth-order valence-corrected chi connectivity index (χ4v) is 2.01. The summed E-state index contributed by atoms with van der Waals surface area (Å²) in [6.45, 7) is 3.49. The minimum atomic E-state index is -3.66. The van der Waals surface area contributed by atoms with Crippen LogP contribution in [0.15, 0.2) is 17.0 Å². The van der Waals surface area contributed by atoms with E-state index in [4.69, 9.17) is 15.1 Å². The molecule has 0 aliphatic carbocycles. The zero-order valence-electron chi connectivity index (χ0n) is 8.07. The first-order chi connectivity index (χ1) is 5.82. The predicted octanol–water partition coefficient (Wildman–Crippen LogP) is 1.76. The third-order valence-electron chi connectivity index (χ3n) is 1.94. The van der Waals surface area contributed by atoms with E-state index >= 15 is 0 Å². The molecule has 1 radical (unpaired) electrons. The summed E-state index contributed by atoms with van der Waals surface area (Å²) in [7, 11) is -3.66. The minimum absolute atomic E-state index is 0. The summed E-state index contributed by atoms with van der Waals surface area (Å²) in [4.78, 5) is 0.102. The summed E-state index contributed by atoms with van der Waals surface area (Å²) in [5.74, 6) is 0. The van der Waals surface area contributed by atoms with Crippen LogP contribution in [0, 0.1) is 18.6 Å². The molecule has 0 spiro atoms. The molecular formula is C8H12N2O2SY. The van der Waals surface area contributed by atoms with Gasteiger partial charge in [-0.25, -0.2) is 8.99 Å². The molecule has 0 bridgehead atoms. The van der Waals surface area contributed by atoms with E-state index < -0.39 is 10.0 Å². The number of benzene rings is 1. The largest absolute Gasteiger partial charge is 0.399 e. The molecule has 0 aliphatic rings. The molecule has 1 aromatic carbocycles. The molecule has 0 aliphatic heterocycles. The third-order valence-corrected chi connectivity index (χ3v) is 2.96. The van der Waals surface area contributed by atoms with Crippen molar-refractivity contribution in [2.24, 2.45) is 0 Å². The second-order valence-corrected chi connectivity index (χ2v) is 4.48. The second-order valence-electron chi connectivity index (χ2n) is 2.99. The van der Waals surface area contributed by atoms with Gasteiger partial charge < -0.3 is 5.73 Å². The van der Waals surface area contributed by atoms with Gasteiger partial charge in [0.25, 0.3) is 0 Å². The van der Waals surface area contributed by atoms with E-state index in [2.05, 4.69) is 0 Å². The Morgan fingerprint density at radius 3 is 2.36 bits per heavy atom. The van der Waals surface area contributed by atoms with Crippen LogP contribution in [-0.4, -0.2) is 8.76 Å². The maximum atomic E-state index is 11.1. The summed E-state index contributed by atoms with van der Waals surface area (Å²) in [5.41, 5.74) is 7.39. The zero-order chi connectivity index (χ0) is 10.2. The van der Waals surface area contributed by atoms with E-state index in [1.807, 2.05) is 0 Å². The van der Waals surface area contributed by atoms with Crippen LogP contribution in [0.5, 0.6) is 0 Å². The van der Waals surface area contributed by atoms with Crippen LogP contribution in [0.2, 0.25) is 0 Å². The van der Waals surface area contributed by atoms with Gasteiger partial charge in [0, 0.05) is 38.4 Å². The fourth-order valence-electron chi connectivity index (χ4n) is 1.14. The molecule has 0 heterocycles. The molecule has 4 N–H and O–H groups in total. The number of nitrogens with two attached hydrogens (primary N) is 1. The number of anilines is 1. The molecule has 0 aromatic heterocycles.